The average molecular weight is 375 g/mol. The van der Waals surface area contributed by atoms with E-state index in [1.54, 1.807) is 0 Å². The summed E-state index contributed by atoms with van der Waals surface area (Å²) in [7, 11) is 0. The van der Waals surface area contributed by atoms with Crippen molar-refractivity contribution >= 4 is 17.4 Å². The van der Waals surface area contributed by atoms with Crippen molar-refractivity contribution in [3.05, 3.63) is 29.8 Å². The van der Waals surface area contributed by atoms with E-state index in [1.165, 1.54) is 0 Å². The molecule has 0 saturated carbocycles. The Labute approximate surface area is 165 Å². The Morgan fingerprint density at radius 3 is 2.00 bits per heavy atom. The summed E-state index contributed by atoms with van der Waals surface area (Å²) in [5, 5.41) is 6.50. The number of carbonyl (C=O) groups excluding carboxylic acids is 2. The van der Waals surface area contributed by atoms with Crippen LogP contribution in [-0.4, -0.2) is 23.8 Å². The van der Waals surface area contributed by atoms with Crippen LogP contribution in [0.2, 0.25) is 0 Å². The van der Waals surface area contributed by atoms with Gasteiger partial charge in [0.2, 0.25) is 5.91 Å². The molecule has 0 radical (unpaired) electrons. The molecule has 2 unspecified atom stereocenters. The number of hydrogen-bond donors (Lipinski definition) is 2. The Morgan fingerprint density at radius 1 is 0.926 bits per heavy atom. The topological polar surface area (TPSA) is 58.2 Å². The van der Waals surface area contributed by atoms with Gasteiger partial charge in [-0.15, -0.1) is 0 Å². The van der Waals surface area contributed by atoms with Crippen molar-refractivity contribution in [1.29, 1.82) is 0 Å². The van der Waals surface area contributed by atoms with E-state index in [0.29, 0.717) is 24.2 Å². The van der Waals surface area contributed by atoms with Gasteiger partial charge in [-0.2, -0.15) is 0 Å². The summed E-state index contributed by atoms with van der Waals surface area (Å²) in [6.07, 6.45) is 2.24. The summed E-state index contributed by atoms with van der Waals surface area (Å²) >= 11 is 0. The number of anilines is 1. The van der Waals surface area contributed by atoms with Gasteiger partial charge in [0.05, 0.1) is 0 Å². The second kappa shape index (κ2) is 11.2. The zero-order valence-corrected chi connectivity index (χ0v) is 18.1. The lowest BCUT2D eigenvalue weighted by molar-refractivity contribution is -0.126. The van der Waals surface area contributed by atoms with Gasteiger partial charge in [0.15, 0.2) is 0 Å². The lowest BCUT2D eigenvalue weighted by Gasteiger charge is -2.28. The van der Waals surface area contributed by atoms with Crippen LogP contribution in [-0.2, 0) is 16.0 Å². The number of hydrogen-bond acceptors (Lipinski definition) is 3. The second-order valence-corrected chi connectivity index (χ2v) is 8.66. The summed E-state index contributed by atoms with van der Waals surface area (Å²) in [6.45, 7) is 14.4. The zero-order valence-electron chi connectivity index (χ0n) is 18.1. The highest BCUT2D eigenvalue weighted by atomic mass is 16.1. The summed E-state index contributed by atoms with van der Waals surface area (Å²) in [4.78, 5) is 24.4. The Morgan fingerprint density at radius 2 is 1.52 bits per heavy atom. The molecule has 0 fully saturated rings. The summed E-state index contributed by atoms with van der Waals surface area (Å²) < 4.78 is 0. The maximum atomic E-state index is 12.5. The highest BCUT2D eigenvalue weighted by molar-refractivity contribution is 5.90. The monoisotopic (exact) mass is 374 g/mol. The normalized spacial score (nSPS) is 13.9. The second-order valence-electron chi connectivity index (χ2n) is 8.66. The van der Waals surface area contributed by atoms with E-state index in [9.17, 15) is 9.59 Å². The average Bonchev–Trinajstić information content (AvgIpc) is 2.59. The van der Waals surface area contributed by atoms with Crippen LogP contribution < -0.4 is 10.6 Å². The number of Topliss-reactive ketones (excluding diaryl/α,β-unsaturated/α-hetero) is 1. The van der Waals surface area contributed by atoms with Crippen molar-refractivity contribution in [2.45, 2.75) is 79.8 Å². The molecule has 0 aliphatic heterocycles. The molecule has 0 aliphatic carbocycles. The Bertz CT molecular complexity index is 591. The minimum atomic E-state index is -0.0391. The minimum absolute atomic E-state index is 0.0391. The molecular weight excluding hydrogens is 336 g/mol. The van der Waals surface area contributed by atoms with Crippen LogP contribution >= 0.6 is 0 Å². The SMILES string of the molecule is CC(C)CCC(=O)Nc1ccc(CC(NC(C)C)C(C)C(=O)C(C)C)cc1. The summed E-state index contributed by atoms with van der Waals surface area (Å²) in [6, 6.07) is 8.40. The Balaban J connectivity index is 2.74. The van der Waals surface area contributed by atoms with Crippen LogP contribution in [0.3, 0.4) is 0 Å². The van der Waals surface area contributed by atoms with Gasteiger partial charge in [-0.3, -0.25) is 9.59 Å². The molecule has 152 valence electrons. The van der Waals surface area contributed by atoms with Crippen molar-refractivity contribution < 1.29 is 9.59 Å². The van der Waals surface area contributed by atoms with Gasteiger partial charge < -0.3 is 10.6 Å². The van der Waals surface area contributed by atoms with E-state index < -0.39 is 0 Å². The third-order valence-corrected chi connectivity index (χ3v) is 4.81. The predicted molar refractivity (Wildman–Crippen MR) is 114 cm³/mol. The quantitative estimate of drug-likeness (QED) is 0.583. The van der Waals surface area contributed by atoms with E-state index in [4.69, 9.17) is 0 Å². The van der Waals surface area contributed by atoms with Crippen LogP contribution in [0, 0.1) is 17.8 Å². The minimum Gasteiger partial charge on any atom is -0.326 e. The van der Waals surface area contributed by atoms with Crippen molar-refractivity contribution in [2.24, 2.45) is 17.8 Å². The highest BCUT2D eigenvalue weighted by Gasteiger charge is 2.26. The number of rotatable bonds is 11. The molecule has 0 spiro atoms. The number of amides is 1. The molecule has 0 heterocycles. The van der Waals surface area contributed by atoms with Crippen LogP contribution in [0.1, 0.15) is 66.9 Å². The number of carbonyl (C=O) groups is 2. The number of nitrogens with one attached hydrogen (secondary N) is 2. The van der Waals surface area contributed by atoms with Crippen LogP contribution in [0.15, 0.2) is 24.3 Å². The molecular formula is C23H38N2O2. The van der Waals surface area contributed by atoms with Gasteiger partial charge in [-0.05, 0) is 36.5 Å². The van der Waals surface area contributed by atoms with E-state index in [1.807, 2.05) is 45.0 Å². The summed E-state index contributed by atoms with van der Waals surface area (Å²) in [5.41, 5.74) is 1.99. The Hall–Kier alpha value is -1.68. The first-order valence-corrected chi connectivity index (χ1v) is 10.3. The largest absolute Gasteiger partial charge is 0.326 e. The first-order chi connectivity index (χ1) is 12.6. The molecule has 0 aliphatic rings. The fraction of sp³-hybridized carbons (Fsp3) is 0.652. The van der Waals surface area contributed by atoms with Crippen LogP contribution in [0.4, 0.5) is 5.69 Å². The highest BCUT2D eigenvalue weighted by Crippen LogP contribution is 2.18. The van der Waals surface area contributed by atoms with Crippen molar-refractivity contribution in [2.75, 3.05) is 5.32 Å². The maximum Gasteiger partial charge on any atom is 0.224 e. The van der Waals surface area contributed by atoms with Crippen molar-refractivity contribution in [3.63, 3.8) is 0 Å². The fourth-order valence-corrected chi connectivity index (χ4v) is 3.15. The lowest BCUT2D eigenvalue weighted by Crippen LogP contribution is -2.44. The molecule has 2 atom stereocenters. The molecule has 2 N–H and O–H groups in total. The van der Waals surface area contributed by atoms with Gasteiger partial charge in [0, 0.05) is 36.0 Å². The van der Waals surface area contributed by atoms with E-state index in [0.717, 1.165) is 24.1 Å². The Kier molecular flexibility index (Phi) is 9.71. The van der Waals surface area contributed by atoms with Crippen molar-refractivity contribution in [3.8, 4) is 0 Å². The molecule has 27 heavy (non-hydrogen) atoms. The van der Waals surface area contributed by atoms with E-state index >= 15 is 0 Å². The van der Waals surface area contributed by atoms with Crippen LogP contribution in [0.25, 0.3) is 0 Å². The number of benzene rings is 1. The third kappa shape index (κ3) is 8.70. The van der Waals surface area contributed by atoms with E-state index in [-0.39, 0.29) is 23.8 Å². The molecule has 1 aromatic rings. The predicted octanol–water partition coefficient (Wildman–Crippen LogP) is 4.83. The zero-order chi connectivity index (χ0) is 20.6. The fourth-order valence-electron chi connectivity index (χ4n) is 3.15. The molecule has 4 heteroatoms. The molecule has 0 bridgehead atoms. The van der Waals surface area contributed by atoms with Gasteiger partial charge in [-0.1, -0.05) is 60.6 Å². The van der Waals surface area contributed by atoms with E-state index in [2.05, 4.69) is 38.3 Å². The smallest absolute Gasteiger partial charge is 0.224 e. The first-order valence-electron chi connectivity index (χ1n) is 10.3. The van der Waals surface area contributed by atoms with Gasteiger partial charge in [0.1, 0.15) is 5.78 Å². The number of ketones is 1. The third-order valence-electron chi connectivity index (χ3n) is 4.81. The van der Waals surface area contributed by atoms with Gasteiger partial charge >= 0.3 is 0 Å². The molecule has 4 nitrogen and oxygen atoms in total. The molecule has 0 saturated heterocycles. The summed E-state index contributed by atoms with van der Waals surface area (Å²) in [5.74, 6) is 0.885. The molecule has 1 aromatic carbocycles. The lowest BCUT2D eigenvalue weighted by atomic mass is 9.86. The standard InChI is InChI=1S/C23H38N2O2/c1-15(2)8-13-22(26)25-20-11-9-19(10-12-20)14-21(24-17(5)6)18(7)23(27)16(3)4/h9-12,15-18,21,24H,8,13-14H2,1-7H3,(H,25,26). The molecule has 1 rings (SSSR count). The maximum absolute atomic E-state index is 12.5. The van der Waals surface area contributed by atoms with Gasteiger partial charge in [0.25, 0.3) is 0 Å². The first kappa shape index (κ1) is 23.4. The van der Waals surface area contributed by atoms with Gasteiger partial charge in [-0.25, -0.2) is 0 Å². The van der Waals surface area contributed by atoms with Crippen molar-refractivity contribution in [1.82, 2.24) is 5.32 Å². The molecule has 0 aromatic heterocycles. The van der Waals surface area contributed by atoms with Crippen LogP contribution in [0.5, 0.6) is 0 Å². The molecule has 1 amide bonds.